The van der Waals surface area contributed by atoms with Gasteiger partial charge in [-0.25, -0.2) is 4.39 Å². The van der Waals surface area contributed by atoms with Crippen LogP contribution in [0.3, 0.4) is 0 Å². The van der Waals surface area contributed by atoms with Gasteiger partial charge in [-0.15, -0.1) is 0 Å². The van der Waals surface area contributed by atoms with E-state index in [1.165, 1.54) is 11.6 Å². The van der Waals surface area contributed by atoms with Crippen LogP contribution in [0.2, 0.25) is 5.02 Å². The fourth-order valence-corrected chi connectivity index (χ4v) is 2.64. The summed E-state index contributed by atoms with van der Waals surface area (Å²) in [6, 6.07) is 11.8. The molecule has 0 amide bonds. The van der Waals surface area contributed by atoms with Crippen molar-refractivity contribution < 1.29 is 4.39 Å². The Kier molecular flexibility index (Phi) is 4.79. The highest BCUT2D eigenvalue weighted by atomic mass is 35.5. The number of hydrogen-bond donors (Lipinski definition) is 1. The molecule has 0 heterocycles. The van der Waals surface area contributed by atoms with E-state index in [0.29, 0.717) is 16.6 Å². The highest BCUT2D eigenvalue weighted by molar-refractivity contribution is 6.33. The van der Waals surface area contributed by atoms with E-state index in [1.54, 1.807) is 13.0 Å². The Morgan fingerprint density at radius 2 is 1.85 bits per heavy atom. The standard InChI is InChI=1S/C17H19ClFN/c1-4-17(20-3)13-7-5-12(6-8-13)14-9-11(2)16(19)10-15(14)18/h5-10,17,20H,4H2,1-3H3. The minimum absolute atomic E-state index is 0.267. The summed E-state index contributed by atoms with van der Waals surface area (Å²) in [6.45, 7) is 3.90. The Balaban J connectivity index is 2.37. The molecule has 1 N–H and O–H groups in total. The molecule has 2 rings (SSSR count). The molecule has 0 radical (unpaired) electrons. The Hall–Kier alpha value is -1.38. The molecule has 0 fully saturated rings. The molecule has 3 heteroatoms. The average Bonchev–Trinajstić information content (AvgIpc) is 2.45. The predicted octanol–water partition coefficient (Wildman–Crippen LogP) is 5.13. The first kappa shape index (κ1) is 15.0. The molecule has 2 aromatic carbocycles. The average molecular weight is 292 g/mol. The fourth-order valence-electron chi connectivity index (χ4n) is 2.38. The molecule has 1 nitrogen and oxygen atoms in total. The van der Waals surface area contributed by atoms with Crippen molar-refractivity contribution in [3.63, 3.8) is 0 Å². The number of rotatable bonds is 4. The molecular weight excluding hydrogens is 273 g/mol. The Morgan fingerprint density at radius 3 is 2.40 bits per heavy atom. The largest absolute Gasteiger partial charge is 0.313 e. The quantitative estimate of drug-likeness (QED) is 0.824. The molecule has 0 aliphatic heterocycles. The van der Waals surface area contributed by atoms with Crippen LogP contribution in [-0.2, 0) is 0 Å². The first-order chi connectivity index (χ1) is 9.56. The summed E-state index contributed by atoms with van der Waals surface area (Å²) in [5.74, 6) is -0.267. The van der Waals surface area contributed by atoms with Crippen molar-refractivity contribution in [3.8, 4) is 11.1 Å². The molecule has 1 unspecified atom stereocenters. The lowest BCUT2D eigenvalue weighted by Gasteiger charge is -2.15. The van der Waals surface area contributed by atoms with Crippen molar-refractivity contribution >= 4 is 11.6 Å². The van der Waals surface area contributed by atoms with Gasteiger partial charge in [0.25, 0.3) is 0 Å². The highest BCUT2D eigenvalue weighted by Gasteiger charge is 2.10. The summed E-state index contributed by atoms with van der Waals surface area (Å²) < 4.78 is 13.4. The van der Waals surface area contributed by atoms with E-state index in [4.69, 9.17) is 11.6 Å². The number of aryl methyl sites for hydroxylation is 1. The summed E-state index contributed by atoms with van der Waals surface area (Å²) in [4.78, 5) is 0. The van der Waals surface area contributed by atoms with E-state index in [9.17, 15) is 4.39 Å². The molecule has 0 spiro atoms. The third kappa shape index (κ3) is 3.02. The van der Waals surface area contributed by atoms with Crippen molar-refractivity contribution in [3.05, 3.63) is 58.4 Å². The lowest BCUT2D eigenvalue weighted by atomic mass is 9.98. The molecule has 0 aliphatic carbocycles. The summed E-state index contributed by atoms with van der Waals surface area (Å²) in [5, 5.41) is 3.73. The summed E-state index contributed by atoms with van der Waals surface area (Å²) in [7, 11) is 1.96. The van der Waals surface area contributed by atoms with Crippen LogP contribution in [-0.4, -0.2) is 7.05 Å². The van der Waals surface area contributed by atoms with Gasteiger partial charge in [-0.2, -0.15) is 0 Å². The van der Waals surface area contributed by atoms with E-state index >= 15 is 0 Å². The van der Waals surface area contributed by atoms with Gasteiger partial charge in [0.05, 0.1) is 5.02 Å². The van der Waals surface area contributed by atoms with Gasteiger partial charge in [0.15, 0.2) is 0 Å². The van der Waals surface area contributed by atoms with Crippen LogP contribution in [0, 0.1) is 12.7 Å². The van der Waals surface area contributed by atoms with E-state index in [1.807, 2.05) is 19.2 Å². The molecule has 0 bridgehead atoms. The molecule has 106 valence electrons. The maximum Gasteiger partial charge on any atom is 0.127 e. The Labute approximate surface area is 124 Å². The first-order valence-electron chi connectivity index (χ1n) is 6.80. The lowest BCUT2D eigenvalue weighted by molar-refractivity contribution is 0.577. The van der Waals surface area contributed by atoms with Crippen molar-refractivity contribution in [2.75, 3.05) is 7.05 Å². The van der Waals surface area contributed by atoms with Crippen LogP contribution >= 0.6 is 11.6 Å². The van der Waals surface area contributed by atoms with Gasteiger partial charge in [-0.05, 0) is 49.2 Å². The zero-order valence-electron chi connectivity index (χ0n) is 12.0. The zero-order chi connectivity index (χ0) is 14.7. The second-order valence-corrected chi connectivity index (χ2v) is 5.36. The van der Waals surface area contributed by atoms with Gasteiger partial charge in [0.1, 0.15) is 5.82 Å². The molecule has 0 aromatic heterocycles. The SMILES string of the molecule is CCC(NC)c1ccc(-c2cc(C)c(F)cc2Cl)cc1. The zero-order valence-corrected chi connectivity index (χ0v) is 12.8. The van der Waals surface area contributed by atoms with Gasteiger partial charge < -0.3 is 5.32 Å². The second kappa shape index (κ2) is 6.38. The van der Waals surface area contributed by atoms with E-state index in [-0.39, 0.29) is 5.82 Å². The number of nitrogens with one attached hydrogen (secondary N) is 1. The minimum atomic E-state index is -0.267. The monoisotopic (exact) mass is 291 g/mol. The van der Waals surface area contributed by atoms with Crippen molar-refractivity contribution in [2.45, 2.75) is 26.3 Å². The molecule has 20 heavy (non-hydrogen) atoms. The number of benzene rings is 2. The van der Waals surface area contributed by atoms with Crippen molar-refractivity contribution in [1.29, 1.82) is 0 Å². The maximum atomic E-state index is 13.4. The highest BCUT2D eigenvalue weighted by Crippen LogP contribution is 2.31. The topological polar surface area (TPSA) is 12.0 Å². The molecule has 0 saturated heterocycles. The Bertz CT molecular complexity index is 589. The van der Waals surface area contributed by atoms with Crippen LogP contribution in [0.15, 0.2) is 36.4 Å². The predicted molar refractivity (Wildman–Crippen MR) is 83.7 cm³/mol. The van der Waals surface area contributed by atoms with Gasteiger partial charge in [0, 0.05) is 11.6 Å². The number of halogens is 2. The maximum absolute atomic E-state index is 13.4. The molecule has 0 saturated carbocycles. The smallest absolute Gasteiger partial charge is 0.127 e. The third-order valence-corrected chi connectivity index (χ3v) is 3.94. The molecule has 1 atom stereocenters. The van der Waals surface area contributed by atoms with Crippen LogP contribution in [0.1, 0.15) is 30.5 Å². The fraction of sp³-hybridized carbons (Fsp3) is 0.294. The van der Waals surface area contributed by atoms with E-state index in [2.05, 4.69) is 24.4 Å². The minimum Gasteiger partial charge on any atom is -0.313 e. The van der Waals surface area contributed by atoms with E-state index < -0.39 is 0 Å². The van der Waals surface area contributed by atoms with Crippen LogP contribution in [0.4, 0.5) is 4.39 Å². The second-order valence-electron chi connectivity index (χ2n) is 4.95. The molecule has 2 aromatic rings. The van der Waals surface area contributed by atoms with Crippen molar-refractivity contribution in [1.82, 2.24) is 5.32 Å². The number of hydrogen-bond acceptors (Lipinski definition) is 1. The van der Waals surface area contributed by atoms with Gasteiger partial charge in [-0.1, -0.05) is 42.8 Å². The van der Waals surface area contributed by atoms with Gasteiger partial charge in [0.2, 0.25) is 0 Å². The first-order valence-corrected chi connectivity index (χ1v) is 7.17. The lowest BCUT2D eigenvalue weighted by Crippen LogP contribution is -2.14. The van der Waals surface area contributed by atoms with Crippen molar-refractivity contribution in [2.24, 2.45) is 0 Å². The normalized spacial score (nSPS) is 12.4. The van der Waals surface area contributed by atoms with Crippen LogP contribution in [0.25, 0.3) is 11.1 Å². The van der Waals surface area contributed by atoms with Gasteiger partial charge in [-0.3, -0.25) is 0 Å². The summed E-state index contributed by atoms with van der Waals surface area (Å²) >= 11 is 6.14. The Morgan fingerprint density at radius 1 is 1.20 bits per heavy atom. The van der Waals surface area contributed by atoms with Crippen LogP contribution in [0.5, 0.6) is 0 Å². The summed E-state index contributed by atoms with van der Waals surface area (Å²) in [5.41, 5.74) is 3.73. The molecular formula is C17H19ClFN. The van der Waals surface area contributed by atoms with Crippen LogP contribution < -0.4 is 5.32 Å². The third-order valence-electron chi connectivity index (χ3n) is 3.63. The van der Waals surface area contributed by atoms with Gasteiger partial charge >= 0.3 is 0 Å². The summed E-state index contributed by atoms with van der Waals surface area (Å²) in [6.07, 6.45) is 1.03. The van der Waals surface area contributed by atoms with E-state index in [0.717, 1.165) is 17.5 Å². The molecule has 0 aliphatic rings.